The van der Waals surface area contributed by atoms with E-state index < -0.39 is 0 Å². The van der Waals surface area contributed by atoms with Gasteiger partial charge < -0.3 is 0 Å². The fourth-order valence-electron chi connectivity index (χ4n) is 2.42. The van der Waals surface area contributed by atoms with Crippen molar-refractivity contribution in [2.24, 2.45) is 5.92 Å². The normalized spacial score (nSPS) is 26.5. The number of nitrogens with zero attached hydrogens (tertiary/aromatic N) is 2. The third-order valence-electron chi connectivity index (χ3n) is 3.68. The molecule has 79 valence electrons. The molecule has 0 aromatic rings. The van der Waals surface area contributed by atoms with E-state index in [9.17, 15) is 4.79 Å². The van der Waals surface area contributed by atoms with Crippen molar-refractivity contribution in [3.05, 3.63) is 0 Å². The van der Waals surface area contributed by atoms with E-state index in [0.29, 0.717) is 5.78 Å². The van der Waals surface area contributed by atoms with E-state index >= 15 is 0 Å². The van der Waals surface area contributed by atoms with Crippen LogP contribution in [0.4, 0.5) is 0 Å². The van der Waals surface area contributed by atoms with E-state index in [0.717, 1.165) is 38.8 Å². The van der Waals surface area contributed by atoms with Gasteiger partial charge in [-0.15, -0.1) is 0 Å². The molecule has 0 unspecified atom stereocenters. The molecule has 3 nitrogen and oxygen atoms in total. The number of Topliss-reactive ketones (excluding diaryl/α,β-unsaturated/α-hetero) is 1. The number of ketones is 1. The Labute approximate surface area is 85.8 Å². The molecule has 0 aromatic carbocycles. The van der Waals surface area contributed by atoms with Gasteiger partial charge in [0.2, 0.25) is 0 Å². The lowest BCUT2D eigenvalue weighted by molar-refractivity contribution is -0.129. The van der Waals surface area contributed by atoms with Crippen molar-refractivity contribution in [1.82, 2.24) is 10.2 Å². The lowest BCUT2D eigenvalue weighted by atomic mass is 9.88. The van der Waals surface area contributed by atoms with Crippen molar-refractivity contribution in [3.8, 4) is 0 Å². The molecule has 1 saturated heterocycles. The first-order valence-electron chi connectivity index (χ1n) is 5.52. The minimum Gasteiger partial charge on any atom is -0.297 e. The molecule has 0 N–H and O–H groups in total. The molecule has 2 aliphatic rings. The molecule has 0 atom stereocenters. The second-order valence-corrected chi connectivity index (χ2v) is 4.74. The molecular weight excluding hydrogens is 176 g/mol. The van der Waals surface area contributed by atoms with E-state index in [4.69, 9.17) is 0 Å². The standard InChI is InChI=1S/C11H19N2O/c1-13(2)11(5-6-11)10(14)9-3-7-12-8-4-9/h9H,3-8H2,1-2H3. The Morgan fingerprint density at radius 2 is 1.86 bits per heavy atom. The van der Waals surface area contributed by atoms with Gasteiger partial charge in [-0.25, -0.2) is 5.32 Å². The maximum atomic E-state index is 12.2. The summed E-state index contributed by atoms with van der Waals surface area (Å²) < 4.78 is 0. The zero-order valence-corrected chi connectivity index (χ0v) is 9.12. The van der Waals surface area contributed by atoms with Crippen molar-refractivity contribution >= 4 is 5.78 Å². The summed E-state index contributed by atoms with van der Waals surface area (Å²) in [5.74, 6) is 0.773. The van der Waals surface area contributed by atoms with Crippen LogP contribution in [0.2, 0.25) is 0 Å². The third kappa shape index (κ3) is 1.59. The van der Waals surface area contributed by atoms with Gasteiger partial charge in [0, 0.05) is 19.0 Å². The monoisotopic (exact) mass is 195 g/mol. The number of likely N-dealkylation sites (N-methyl/N-ethyl adjacent to an activating group) is 1. The molecule has 14 heavy (non-hydrogen) atoms. The summed E-state index contributed by atoms with van der Waals surface area (Å²) in [6.07, 6.45) is 4.09. The van der Waals surface area contributed by atoms with Gasteiger partial charge in [-0.05, 0) is 39.8 Å². The molecule has 3 heteroatoms. The Morgan fingerprint density at radius 3 is 2.29 bits per heavy atom. The van der Waals surface area contributed by atoms with Crippen LogP contribution in [-0.4, -0.2) is 43.4 Å². The Hall–Kier alpha value is -0.410. The molecule has 1 aliphatic heterocycles. The highest BCUT2D eigenvalue weighted by Crippen LogP contribution is 2.43. The molecule has 0 aromatic heterocycles. The summed E-state index contributed by atoms with van der Waals surface area (Å²) in [5.41, 5.74) is -0.0813. The molecule has 1 radical (unpaired) electrons. The van der Waals surface area contributed by atoms with Crippen molar-refractivity contribution in [2.45, 2.75) is 31.2 Å². The largest absolute Gasteiger partial charge is 0.297 e. The Bertz CT molecular complexity index is 227. The summed E-state index contributed by atoms with van der Waals surface area (Å²) in [4.78, 5) is 14.4. The van der Waals surface area contributed by atoms with E-state index in [-0.39, 0.29) is 11.5 Å². The summed E-state index contributed by atoms with van der Waals surface area (Å²) in [6.45, 7) is 1.78. The van der Waals surface area contributed by atoms with Crippen LogP contribution in [0.1, 0.15) is 25.7 Å². The first-order chi connectivity index (χ1) is 6.67. The van der Waals surface area contributed by atoms with Crippen LogP contribution >= 0.6 is 0 Å². The molecular formula is C11H19N2O. The number of rotatable bonds is 3. The minimum atomic E-state index is -0.0813. The number of piperidine rings is 1. The average molecular weight is 195 g/mol. The highest BCUT2D eigenvalue weighted by atomic mass is 16.1. The molecule has 1 heterocycles. The summed E-state index contributed by atoms with van der Waals surface area (Å²) >= 11 is 0. The third-order valence-corrected chi connectivity index (χ3v) is 3.68. The van der Waals surface area contributed by atoms with E-state index in [1.165, 1.54) is 0 Å². The topological polar surface area (TPSA) is 34.4 Å². The summed E-state index contributed by atoms with van der Waals surface area (Å²) in [5, 5.41) is 4.29. The predicted molar refractivity (Wildman–Crippen MR) is 55.3 cm³/mol. The molecule has 2 fully saturated rings. The van der Waals surface area contributed by atoms with Gasteiger partial charge in [-0.3, -0.25) is 9.69 Å². The zero-order valence-electron chi connectivity index (χ0n) is 9.12. The van der Waals surface area contributed by atoms with Crippen LogP contribution in [-0.2, 0) is 4.79 Å². The van der Waals surface area contributed by atoms with E-state index in [1.807, 2.05) is 14.1 Å². The highest BCUT2D eigenvalue weighted by Gasteiger charge is 2.53. The van der Waals surface area contributed by atoms with Gasteiger partial charge in [0.25, 0.3) is 0 Å². The summed E-state index contributed by atoms with van der Waals surface area (Å²) in [6, 6.07) is 0. The highest BCUT2D eigenvalue weighted by molar-refractivity contribution is 5.93. The minimum absolute atomic E-state index is 0.0813. The zero-order chi connectivity index (χ0) is 10.2. The molecule has 1 saturated carbocycles. The molecule has 0 bridgehead atoms. The van der Waals surface area contributed by atoms with Gasteiger partial charge in [-0.1, -0.05) is 0 Å². The van der Waals surface area contributed by atoms with Crippen molar-refractivity contribution in [1.29, 1.82) is 0 Å². The molecule has 0 spiro atoms. The first kappa shape index (κ1) is 10.1. The number of carbonyl (C=O) groups is 1. The molecule has 1 aliphatic carbocycles. The van der Waals surface area contributed by atoms with Crippen LogP contribution in [0.15, 0.2) is 0 Å². The van der Waals surface area contributed by atoms with Gasteiger partial charge in [0.15, 0.2) is 5.78 Å². The maximum Gasteiger partial charge on any atom is 0.156 e. The second-order valence-electron chi connectivity index (χ2n) is 4.74. The van der Waals surface area contributed by atoms with Crippen LogP contribution in [0.25, 0.3) is 0 Å². The smallest absolute Gasteiger partial charge is 0.156 e. The van der Waals surface area contributed by atoms with Gasteiger partial charge in [-0.2, -0.15) is 0 Å². The lowest BCUT2D eigenvalue weighted by Crippen LogP contribution is -2.44. The Balaban J connectivity index is 2.00. The first-order valence-corrected chi connectivity index (χ1v) is 5.52. The van der Waals surface area contributed by atoms with Crippen molar-refractivity contribution in [2.75, 3.05) is 27.2 Å². The SMILES string of the molecule is CN(C)C1(C(=O)C2CC[N]CC2)CC1. The number of hydrogen-bond donors (Lipinski definition) is 0. The maximum absolute atomic E-state index is 12.2. The second kappa shape index (κ2) is 3.63. The Morgan fingerprint density at radius 1 is 1.29 bits per heavy atom. The Kier molecular flexibility index (Phi) is 2.62. The van der Waals surface area contributed by atoms with Crippen LogP contribution in [0, 0.1) is 5.92 Å². The predicted octanol–water partition coefficient (Wildman–Crippen LogP) is 0.664. The summed E-state index contributed by atoms with van der Waals surface area (Å²) in [7, 11) is 4.05. The van der Waals surface area contributed by atoms with Crippen LogP contribution < -0.4 is 5.32 Å². The van der Waals surface area contributed by atoms with Crippen LogP contribution in [0.5, 0.6) is 0 Å². The molecule has 0 amide bonds. The fraction of sp³-hybridized carbons (Fsp3) is 0.909. The van der Waals surface area contributed by atoms with Crippen LogP contribution in [0.3, 0.4) is 0 Å². The van der Waals surface area contributed by atoms with Crippen molar-refractivity contribution < 1.29 is 4.79 Å². The lowest BCUT2D eigenvalue weighted by Gasteiger charge is -2.29. The quantitative estimate of drug-likeness (QED) is 0.663. The van der Waals surface area contributed by atoms with Gasteiger partial charge in [0.05, 0.1) is 5.54 Å². The number of carbonyl (C=O) groups excluding carboxylic acids is 1. The van der Waals surface area contributed by atoms with E-state index in [1.54, 1.807) is 0 Å². The fourth-order valence-corrected chi connectivity index (χ4v) is 2.42. The van der Waals surface area contributed by atoms with Gasteiger partial charge in [0.1, 0.15) is 0 Å². The van der Waals surface area contributed by atoms with Crippen molar-refractivity contribution in [3.63, 3.8) is 0 Å². The van der Waals surface area contributed by atoms with E-state index in [2.05, 4.69) is 10.2 Å². The molecule has 2 rings (SSSR count). The average Bonchev–Trinajstić information content (AvgIpc) is 2.99. The van der Waals surface area contributed by atoms with Gasteiger partial charge >= 0.3 is 0 Å². The number of hydrogen-bond acceptors (Lipinski definition) is 2.